The van der Waals surface area contributed by atoms with E-state index in [9.17, 15) is 9.59 Å². The Morgan fingerprint density at radius 3 is 2.19 bits per heavy atom. The van der Waals surface area contributed by atoms with Crippen molar-refractivity contribution in [2.45, 2.75) is 46.0 Å². The molecule has 0 radical (unpaired) electrons. The summed E-state index contributed by atoms with van der Waals surface area (Å²) in [6.45, 7) is 5.36. The molecule has 2 amide bonds. The van der Waals surface area contributed by atoms with E-state index in [-0.39, 0.29) is 17.7 Å². The molecule has 0 aromatic heterocycles. The van der Waals surface area contributed by atoms with Gasteiger partial charge in [-0.3, -0.25) is 9.59 Å². The van der Waals surface area contributed by atoms with E-state index >= 15 is 0 Å². The van der Waals surface area contributed by atoms with Crippen LogP contribution in [0.2, 0.25) is 0 Å². The molecule has 0 spiro atoms. The second-order valence-corrected chi connectivity index (χ2v) is 8.50. The second kappa shape index (κ2) is 7.05. The fraction of sp³-hybridized carbons (Fsp3) is 0.636. The van der Waals surface area contributed by atoms with Crippen molar-refractivity contribution in [1.82, 2.24) is 4.90 Å². The molecule has 0 heterocycles. The Morgan fingerprint density at radius 2 is 1.62 bits per heavy atom. The van der Waals surface area contributed by atoms with E-state index in [0.29, 0.717) is 30.5 Å². The van der Waals surface area contributed by atoms with Gasteiger partial charge in [0.05, 0.1) is 0 Å². The third-order valence-electron chi connectivity index (χ3n) is 6.96. The van der Waals surface area contributed by atoms with Crippen LogP contribution in [0.25, 0.3) is 0 Å². The van der Waals surface area contributed by atoms with Crippen molar-refractivity contribution in [1.29, 1.82) is 0 Å². The van der Waals surface area contributed by atoms with Crippen LogP contribution in [0, 0.1) is 29.6 Å². The maximum atomic E-state index is 13.0. The van der Waals surface area contributed by atoms with E-state index in [4.69, 9.17) is 0 Å². The van der Waals surface area contributed by atoms with E-state index in [2.05, 4.69) is 5.32 Å². The van der Waals surface area contributed by atoms with Crippen LogP contribution in [0.3, 0.4) is 0 Å². The highest BCUT2D eigenvalue weighted by atomic mass is 16.2. The van der Waals surface area contributed by atoms with Crippen molar-refractivity contribution in [2.75, 3.05) is 18.4 Å². The lowest BCUT2D eigenvalue weighted by molar-refractivity contribution is -0.132. The molecule has 4 nitrogen and oxygen atoms in total. The molecule has 4 aliphatic carbocycles. The third kappa shape index (κ3) is 3.15. The molecule has 1 aromatic carbocycles. The summed E-state index contributed by atoms with van der Waals surface area (Å²) in [5.41, 5.74) is 1.40. The first-order valence-electron chi connectivity index (χ1n) is 10.3. The number of carbonyl (C=O) groups excluding carboxylic acids is 2. The van der Waals surface area contributed by atoms with Gasteiger partial charge < -0.3 is 10.2 Å². The van der Waals surface area contributed by atoms with Crippen LogP contribution >= 0.6 is 0 Å². The minimum absolute atomic E-state index is 0.0284. The summed E-state index contributed by atoms with van der Waals surface area (Å²) in [6.07, 6.45) is 6.37. The summed E-state index contributed by atoms with van der Waals surface area (Å²) >= 11 is 0. The molecule has 4 saturated carbocycles. The van der Waals surface area contributed by atoms with E-state index < -0.39 is 0 Å². The van der Waals surface area contributed by atoms with Crippen LogP contribution in [0.5, 0.6) is 0 Å². The molecule has 1 aromatic rings. The summed E-state index contributed by atoms with van der Waals surface area (Å²) in [4.78, 5) is 27.4. The van der Waals surface area contributed by atoms with Crippen molar-refractivity contribution in [3.05, 3.63) is 29.8 Å². The molecule has 140 valence electrons. The molecule has 4 heteroatoms. The normalized spacial score (nSPS) is 31.7. The van der Waals surface area contributed by atoms with Gasteiger partial charge in [0.2, 0.25) is 5.91 Å². The highest BCUT2D eigenvalue weighted by molar-refractivity contribution is 5.97. The first-order valence-corrected chi connectivity index (χ1v) is 10.3. The van der Waals surface area contributed by atoms with Crippen molar-refractivity contribution >= 4 is 17.5 Å². The Balaban J connectivity index is 1.47. The summed E-state index contributed by atoms with van der Waals surface area (Å²) < 4.78 is 0. The molecule has 5 rings (SSSR count). The Hall–Kier alpha value is -1.84. The third-order valence-corrected chi connectivity index (χ3v) is 6.96. The molecular formula is C22H30N2O2. The number of nitrogens with one attached hydrogen (secondary N) is 1. The minimum Gasteiger partial charge on any atom is -0.339 e. The lowest BCUT2D eigenvalue weighted by Crippen LogP contribution is -2.49. The molecule has 4 bridgehead atoms. The molecule has 26 heavy (non-hydrogen) atoms. The van der Waals surface area contributed by atoms with E-state index in [1.165, 1.54) is 32.1 Å². The zero-order chi connectivity index (χ0) is 18.3. The fourth-order valence-corrected chi connectivity index (χ4v) is 6.00. The van der Waals surface area contributed by atoms with Gasteiger partial charge in [-0.2, -0.15) is 0 Å². The summed E-state index contributed by atoms with van der Waals surface area (Å²) in [6, 6.07) is 7.42. The van der Waals surface area contributed by atoms with Gasteiger partial charge >= 0.3 is 0 Å². The Bertz CT molecular complexity index is 667. The van der Waals surface area contributed by atoms with Gasteiger partial charge in [-0.15, -0.1) is 0 Å². The molecule has 0 saturated heterocycles. The van der Waals surface area contributed by atoms with E-state index in [1.807, 2.05) is 38.1 Å². The average Bonchev–Trinajstić information content (AvgIpc) is 2.62. The maximum Gasteiger partial charge on any atom is 0.253 e. The standard InChI is InChI=1S/C22H30N2O2/c1-3-24(4-2)22(26)16-6-5-7-19(13-16)23-21(25)20-17-9-14-8-15(11-17)12-18(20)10-14/h5-7,13-15,17-18,20H,3-4,8-12H2,1-2H3,(H,23,25). The van der Waals surface area contributed by atoms with E-state index in [0.717, 1.165) is 17.5 Å². The van der Waals surface area contributed by atoms with Gasteiger partial charge in [-0.05, 0) is 87.8 Å². The Labute approximate surface area is 156 Å². The number of nitrogens with zero attached hydrogens (tertiary/aromatic N) is 1. The highest BCUT2D eigenvalue weighted by Gasteiger charge is 2.50. The van der Waals surface area contributed by atoms with Crippen LogP contribution in [-0.4, -0.2) is 29.8 Å². The first kappa shape index (κ1) is 17.6. The molecule has 4 fully saturated rings. The molecule has 1 N–H and O–H groups in total. The molecule has 0 unspecified atom stereocenters. The predicted molar refractivity (Wildman–Crippen MR) is 103 cm³/mol. The number of hydrogen-bond acceptors (Lipinski definition) is 2. The van der Waals surface area contributed by atoms with Crippen molar-refractivity contribution in [3.63, 3.8) is 0 Å². The summed E-state index contributed by atoms with van der Waals surface area (Å²) in [7, 11) is 0. The van der Waals surface area contributed by atoms with Gasteiger partial charge in [-0.25, -0.2) is 0 Å². The van der Waals surface area contributed by atoms with Gasteiger partial charge in [-0.1, -0.05) is 6.07 Å². The molecule has 0 atom stereocenters. The molecular weight excluding hydrogens is 324 g/mol. The van der Waals surface area contributed by atoms with Gasteiger partial charge in [0.25, 0.3) is 5.91 Å². The SMILES string of the molecule is CCN(CC)C(=O)c1cccc(NC(=O)C2C3CC4CC(C3)CC2C4)c1. The van der Waals surface area contributed by atoms with Crippen LogP contribution in [0.15, 0.2) is 24.3 Å². The number of anilines is 1. The topological polar surface area (TPSA) is 49.4 Å². The lowest BCUT2D eigenvalue weighted by Gasteiger charge is -2.53. The maximum absolute atomic E-state index is 13.0. The van der Waals surface area contributed by atoms with Crippen LogP contribution < -0.4 is 5.32 Å². The zero-order valence-corrected chi connectivity index (χ0v) is 15.9. The van der Waals surface area contributed by atoms with Gasteiger partial charge in [0.15, 0.2) is 0 Å². The quantitative estimate of drug-likeness (QED) is 0.862. The summed E-state index contributed by atoms with van der Waals surface area (Å²) in [5, 5.41) is 3.13. The molecule has 4 aliphatic rings. The largest absolute Gasteiger partial charge is 0.339 e. The van der Waals surface area contributed by atoms with Crippen LogP contribution in [0.4, 0.5) is 5.69 Å². The average molecular weight is 354 g/mol. The Morgan fingerprint density at radius 1 is 1.00 bits per heavy atom. The zero-order valence-electron chi connectivity index (χ0n) is 15.9. The number of rotatable bonds is 5. The molecule has 0 aliphatic heterocycles. The van der Waals surface area contributed by atoms with Crippen molar-refractivity contribution in [3.8, 4) is 0 Å². The van der Waals surface area contributed by atoms with Gasteiger partial charge in [0, 0.05) is 30.3 Å². The smallest absolute Gasteiger partial charge is 0.253 e. The minimum atomic E-state index is 0.0284. The van der Waals surface area contributed by atoms with Crippen molar-refractivity contribution < 1.29 is 9.59 Å². The highest BCUT2D eigenvalue weighted by Crippen LogP contribution is 2.56. The first-order chi connectivity index (χ1) is 12.6. The monoisotopic (exact) mass is 354 g/mol. The number of hydrogen-bond donors (Lipinski definition) is 1. The summed E-state index contributed by atoms with van der Waals surface area (Å²) in [5.74, 6) is 3.27. The van der Waals surface area contributed by atoms with Crippen LogP contribution in [0.1, 0.15) is 56.3 Å². The van der Waals surface area contributed by atoms with Crippen LogP contribution in [-0.2, 0) is 4.79 Å². The van der Waals surface area contributed by atoms with Crippen molar-refractivity contribution in [2.24, 2.45) is 29.6 Å². The number of amides is 2. The van der Waals surface area contributed by atoms with E-state index in [1.54, 1.807) is 4.90 Å². The predicted octanol–water partition coefficient (Wildman–Crippen LogP) is 4.18. The number of carbonyl (C=O) groups is 2. The second-order valence-electron chi connectivity index (χ2n) is 8.50. The lowest BCUT2D eigenvalue weighted by atomic mass is 9.51. The fourth-order valence-electron chi connectivity index (χ4n) is 6.00. The Kier molecular flexibility index (Phi) is 4.76. The van der Waals surface area contributed by atoms with Gasteiger partial charge in [0.1, 0.15) is 0 Å². The number of benzene rings is 1.